The van der Waals surface area contributed by atoms with Gasteiger partial charge in [0.15, 0.2) is 0 Å². The fourth-order valence-electron chi connectivity index (χ4n) is 4.07. The highest BCUT2D eigenvalue weighted by Gasteiger charge is 2.34. The maximum atomic E-state index is 13.3. The molecule has 1 saturated heterocycles. The summed E-state index contributed by atoms with van der Waals surface area (Å²) >= 11 is 0. The molecule has 1 N–H and O–H groups in total. The van der Waals surface area contributed by atoms with Crippen molar-refractivity contribution >= 4 is 5.91 Å². The summed E-state index contributed by atoms with van der Waals surface area (Å²) in [4.78, 5) is 20.0. The zero-order valence-corrected chi connectivity index (χ0v) is 16.0. The van der Waals surface area contributed by atoms with Crippen LogP contribution < -0.4 is 0 Å². The molecule has 0 aliphatic carbocycles. The van der Waals surface area contributed by atoms with Crippen LogP contribution in [0.15, 0.2) is 42.5 Å². The molecule has 1 aliphatic rings. The van der Waals surface area contributed by atoms with Crippen molar-refractivity contribution in [2.24, 2.45) is 0 Å². The van der Waals surface area contributed by atoms with Crippen LogP contribution in [-0.4, -0.2) is 32.5 Å². The number of benzene rings is 1. The second-order valence-electron chi connectivity index (χ2n) is 7.20. The van der Waals surface area contributed by atoms with Gasteiger partial charge in [0, 0.05) is 23.4 Å². The van der Waals surface area contributed by atoms with E-state index in [0.717, 1.165) is 53.3 Å². The normalized spacial score (nSPS) is 16.7. The lowest BCUT2D eigenvalue weighted by Gasteiger charge is -2.26. The Balaban J connectivity index is 1.64. The first-order chi connectivity index (χ1) is 13.1. The fraction of sp³-hybridized carbons (Fsp3) is 0.318. The van der Waals surface area contributed by atoms with Crippen molar-refractivity contribution in [1.82, 2.24) is 20.1 Å². The number of rotatable bonds is 3. The first-order valence-electron chi connectivity index (χ1n) is 9.41. The van der Waals surface area contributed by atoms with Crippen LogP contribution in [0, 0.1) is 20.8 Å². The molecule has 27 heavy (non-hydrogen) atoms. The number of nitrogens with one attached hydrogen (secondary N) is 1. The summed E-state index contributed by atoms with van der Waals surface area (Å²) in [6, 6.07) is 14.0. The average molecular weight is 360 g/mol. The van der Waals surface area contributed by atoms with Crippen molar-refractivity contribution in [3.05, 3.63) is 70.7 Å². The van der Waals surface area contributed by atoms with Gasteiger partial charge in [0.25, 0.3) is 5.91 Å². The quantitative estimate of drug-likeness (QED) is 0.754. The minimum atomic E-state index is 0.0575. The van der Waals surface area contributed by atoms with Crippen LogP contribution in [0.5, 0.6) is 0 Å². The highest BCUT2D eigenvalue weighted by Crippen LogP contribution is 2.36. The van der Waals surface area contributed by atoms with Gasteiger partial charge in [-0.25, -0.2) is 0 Å². The van der Waals surface area contributed by atoms with Crippen LogP contribution >= 0.6 is 0 Å². The number of amides is 1. The molecule has 4 rings (SSSR count). The standard InChI is InChI=1S/C22H24N4O/c1-14-18(11-12-19(23-14)17-8-5-4-6-9-17)22(27)26-13-7-10-20(26)21-15(2)24-25-16(21)3/h4-6,8-9,11-12,20H,7,10,13H2,1-3H3,(H,24,25)/t20-/m0/s1. The van der Waals surface area contributed by atoms with Crippen LogP contribution in [0.2, 0.25) is 0 Å². The van der Waals surface area contributed by atoms with Crippen molar-refractivity contribution in [3.8, 4) is 11.3 Å². The third-order valence-corrected chi connectivity index (χ3v) is 5.42. The smallest absolute Gasteiger partial charge is 0.256 e. The number of aromatic amines is 1. The van der Waals surface area contributed by atoms with Crippen molar-refractivity contribution in [2.75, 3.05) is 6.54 Å². The molecular formula is C22H24N4O. The fourth-order valence-corrected chi connectivity index (χ4v) is 4.07. The van der Waals surface area contributed by atoms with E-state index in [1.807, 2.05) is 68.1 Å². The van der Waals surface area contributed by atoms with E-state index in [9.17, 15) is 4.79 Å². The van der Waals surface area contributed by atoms with Crippen LogP contribution in [0.25, 0.3) is 11.3 Å². The van der Waals surface area contributed by atoms with Gasteiger partial charge in [0.05, 0.1) is 28.7 Å². The van der Waals surface area contributed by atoms with Crippen LogP contribution in [-0.2, 0) is 0 Å². The number of likely N-dealkylation sites (tertiary alicyclic amines) is 1. The summed E-state index contributed by atoms with van der Waals surface area (Å²) in [5.41, 5.74) is 6.59. The Morgan fingerprint density at radius 1 is 1.07 bits per heavy atom. The lowest BCUT2D eigenvalue weighted by Crippen LogP contribution is -2.31. The molecule has 5 nitrogen and oxygen atoms in total. The number of carbonyl (C=O) groups is 1. The first kappa shape index (κ1) is 17.5. The van der Waals surface area contributed by atoms with E-state index in [-0.39, 0.29) is 11.9 Å². The van der Waals surface area contributed by atoms with Gasteiger partial charge in [0.2, 0.25) is 0 Å². The predicted molar refractivity (Wildman–Crippen MR) is 105 cm³/mol. The van der Waals surface area contributed by atoms with Gasteiger partial charge < -0.3 is 4.90 Å². The highest BCUT2D eigenvalue weighted by molar-refractivity contribution is 5.96. The molecule has 0 spiro atoms. The van der Waals surface area contributed by atoms with E-state index in [0.29, 0.717) is 5.56 Å². The second kappa shape index (κ2) is 6.99. The van der Waals surface area contributed by atoms with E-state index >= 15 is 0 Å². The summed E-state index contributed by atoms with van der Waals surface area (Å²) in [7, 11) is 0. The summed E-state index contributed by atoms with van der Waals surface area (Å²) < 4.78 is 0. The summed E-state index contributed by atoms with van der Waals surface area (Å²) in [6.45, 7) is 6.71. The van der Waals surface area contributed by atoms with Gasteiger partial charge in [-0.1, -0.05) is 30.3 Å². The average Bonchev–Trinajstić information content (AvgIpc) is 3.28. The van der Waals surface area contributed by atoms with E-state index in [1.54, 1.807) is 0 Å². The van der Waals surface area contributed by atoms with Gasteiger partial charge in [-0.15, -0.1) is 0 Å². The second-order valence-corrected chi connectivity index (χ2v) is 7.20. The summed E-state index contributed by atoms with van der Waals surface area (Å²) in [5, 5.41) is 7.36. The Morgan fingerprint density at radius 3 is 2.52 bits per heavy atom. The molecule has 1 atom stereocenters. The molecule has 5 heteroatoms. The largest absolute Gasteiger partial charge is 0.331 e. The minimum Gasteiger partial charge on any atom is -0.331 e. The van der Waals surface area contributed by atoms with Crippen molar-refractivity contribution in [1.29, 1.82) is 0 Å². The molecular weight excluding hydrogens is 336 g/mol. The van der Waals surface area contributed by atoms with Crippen LogP contribution in [0.1, 0.15) is 51.9 Å². The van der Waals surface area contributed by atoms with Gasteiger partial charge in [0.1, 0.15) is 0 Å². The van der Waals surface area contributed by atoms with Crippen molar-refractivity contribution in [2.45, 2.75) is 39.7 Å². The Labute approximate surface area is 159 Å². The van der Waals surface area contributed by atoms with Crippen LogP contribution in [0.3, 0.4) is 0 Å². The molecule has 0 saturated carbocycles. The van der Waals surface area contributed by atoms with Gasteiger partial charge >= 0.3 is 0 Å². The monoisotopic (exact) mass is 360 g/mol. The molecule has 138 valence electrons. The zero-order valence-electron chi connectivity index (χ0n) is 16.0. The number of nitrogens with zero attached hydrogens (tertiary/aromatic N) is 3. The van der Waals surface area contributed by atoms with Gasteiger partial charge in [-0.05, 0) is 45.7 Å². The molecule has 3 aromatic rings. The molecule has 1 aromatic carbocycles. The van der Waals surface area contributed by atoms with Crippen molar-refractivity contribution < 1.29 is 4.79 Å². The third kappa shape index (κ3) is 3.14. The lowest BCUT2D eigenvalue weighted by molar-refractivity contribution is 0.0734. The number of hydrogen-bond acceptors (Lipinski definition) is 3. The Morgan fingerprint density at radius 2 is 1.85 bits per heavy atom. The molecule has 3 heterocycles. The maximum Gasteiger partial charge on any atom is 0.256 e. The predicted octanol–water partition coefficient (Wildman–Crippen LogP) is 4.37. The Hall–Kier alpha value is -2.95. The Bertz CT molecular complexity index is 958. The molecule has 0 unspecified atom stereocenters. The number of aryl methyl sites for hydroxylation is 3. The molecule has 1 aliphatic heterocycles. The SMILES string of the molecule is Cc1nc(-c2ccccc2)ccc1C(=O)N1CCC[C@H]1c1c(C)n[nH]c1C. The van der Waals surface area contributed by atoms with E-state index < -0.39 is 0 Å². The minimum absolute atomic E-state index is 0.0575. The Kier molecular flexibility index (Phi) is 4.52. The maximum absolute atomic E-state index is 13.3. The molecule has 0 radical (unpaired) electrons. The first-order valence-corrected chi connectivity index (χ1v) is 9.41. The van der Waals surface area contributed by atoms with Gasteiger partial charge in [-0.2, -0.15) is 5.10 Å². The number of H-pyrrole nitrogens is 1. The van der Waals surface area contributed by atoms with Crippen molar-refractivity contribution in [3.63, 3.8) is 0 Å². The number of aromatic nitrogens is 3. The third-order valence-electron chi connectivity index (χ3n) is 5.42. The van der Waals surface area contributed by atoms with Gasteiger partial charge in [-0.3, -0.25) is 14.9 Å². The van der Waals surface area contributed by atoms with Crippen LogP contribution in [0.4, 0.5) is 0 Å². The molecule has 1 amide bonds. The van der Waals surface area contributed by atoms with E-state index in [1.165, 1.54) is 0 Å². The highest BCUT2D eigenvalue weighted by atomic mass is 16.2. The number of carbonyl (C=O) groups excluding carboxylic acids is 1. The topological polar surface area (TPSA) is 61.9 Å². The van der Waals surface area contributed by atoms with E-state index in [2.05, 4.69) is 10.2 Å². The molecule has 2 aromatic heterocycles. The number of pyridine rings is 1. The molecule has 1 fully saturated rings. The summed E-state index contributed by atoms with van der Waals surface area (Å²) in [5.74, 6) is 0.0575. The summed E-state index contributed by atoms with van der Waals surface area (Å²) in [6.07, 6.45) is 1.98. The lowest BCUT2D eigenvalue weighted by atomic mass is 10.0. The zero-order chi connectivity index (χ0) is 19.0. The number of hydrogen-bond donors (Lipinski definition) is 1. The van der Waals surface area contributed by atoms with E-state index in [4.69, 9.17) is 4.98 Å². The molecule has 0 bridgehead atoms.